The van der Waals surface area contributed by atoms with E-state index in [2.05, 4.69) is 43.5 Å². The highest BCUT2D eigenvalue weighted by Crippen LogP contribution is 2.30. The van der Waals surface area contributed by atoms with Gasteiger partial charge < -0.3 is 9.26 Å². The third-order valence-corrected chi connectivity index (χ3v) is 4.51. The molecular formula is C18H27NO2Si. The number of unbranched alkanes of at least 4 members (excludes halogenated alkanes) is 1. The molecule has 1 aliphatic heterocycles. The van der Waals surface area contributed by atoms with Crippen LogP contribution in [-0.4, -0.2) is 20.1 Å². The summed E-state index contributed by atoms with van der Waals surface area (Å²) in [6.07, 6.45) is 6.08. The van der Waals surface area contributed by atoms with Crippen LogP contribution >= 0.6 is 0 Å². The monoisotopic (exact) mass is 317 g/mol. The largest absolute Gasteiger partial charge is 0.405 e. The van der Waals surface area contributed by atoms with Gasteiger partial charge in [-0.15, -0.1) is 6.58 Å². The molecule has 22 heavy (non-hydrogen) atoms. The summed E-state index contributed by atoms with van der Waals surface area (Å²) < 4.78 is 6.39. The second-order valence-corrected chi connectivity index (χ2v) is 11.2. The van der Waals surface area contributed by atoms with Gasteiger partial charge in [0.25, 0.3) is 0 Å². The molecule has 0 amide bonds. The summed E-state index contributed by atoms with van der Waals surface area (Å²) in [4.78, 5) is 5.62. The number of oxime groups is 1. The van der Waals surface area contributed by atoms with E-state index in [1.54, 1.807) is 0 Å². The third-order valence-electron chi connectivity index (χ3n) is 3.57. The Balaban J connectivity index is 2.05. The fourth-order valence-corrected chi connectivity index (χ4v) is 3.54. The zero-order chi connectivity index (χ0) is 16.0. The van der Waals surface area contributed by atoms with Crippen LogP contribution in [0.25, 0.3) is 0 Å². The minimum Gasteiger partial charge on any atom is -0.405 e. The molecule has 0 fully saturated rings. The first-order chi connectivity index (χ1) is 10.5. The quantitative estimate of drug-likeness (QED) is 0.380. The first kappa shape index (κ1) is 17.0. The molecule has 3 nitrogen and oxygen atoms in total. The Morgan fingerprint density at radius 3 is 2.73 bits per heavy atom. The van der Waals surface area contributed by atoms with Crippen molar-refractivity contribution < 1.29 is 9.26 Å². The van der Waals surface area contributed by atoms with E-state index in [4.69, 9.17) is 9.26 Å². The Morgan fingerprint density at radius 1 is 1.36 bits per heavy atom. The molecule has 0 aromatic heterocycles. The lowest BCUT2D eigenvalue weighted by molar-refractivity contribution is 0.0777. The second-order valence-electron chi connectivity index (χ2n) is 6.75. The van der Waals surface area contributed by atoms with Gasteiger partial charge in [-0.2, -0.15) is 0 Å². The second kappa shape index (κ2) is 7.74. The topological polar surface area (TPSA) is 30.8 Å². The van der Waals surface area contributed by atoms with E-state index in [1.807, 2.05) is 24.3 Å². The van der Waals surface area contributed by atoms with Gasteiger partial charge in [0.05, 0.1) is 5.71 Å². The summed E-state index contributed by atoms with van der Waals surface area (Å²) in [5.41, 5.74) is 2.19. The van der Waals surface area contributed by atoms with Crippen LogP contribution in [0.2, 0.25) is 19.6 Å². The van der Waals surface area contributed by atoms with E-state index in [0.29, 0.717) is 0 Å². The fourth-order valence-electron chi connectivity index (χ4n) is 2.56. The lowest BCUT2D eigenvalue weighted by Gasteiger charge is -2.26. The molecule has 4 heteroatoms. The molecular weight excluding hydrogens is 290 g/mol. The molecule has 1 aromatic carbocycles. The number of rotatable bonds is 8. The van der Waals surface area contributed by atoms with Crippen LogP contribution in [0, 0.1) is 0 Å². The van der Waals surface area contributed by atoms with Crippen LogP contribution in [0.15, 0.2) is 48.1 Å². The Labute approximate surface area is 135 Å². The molecule has 1 aromatic rings. The zero-order valence-corrected chi connectivity index (χ0v) is 14.9. The van der Waals surface area contributed by atoms with Crippen molar-refractivity contribution in [3.63, 3.8) is 0 Å². The number of hydrogen-bond acceptors (Lipinski definition) is 3. The van der Waals surface area contributed by atoms with Crippen molar-refractivity contribution in [1.82, 2.24) is 0 Å². The molecule has 0 spiro atoms. The van der Waals surface area contributed by atoms with E-state index in [9.17, 15) is 0 Å². The molecule has 1 heterocycles. The van der Waals surface area contributed by atoms with Crippen molar-refractivity contribution in [2.24, 2.45) is 5.16 Å². The van der Waals surface area contributed by atoms with Gasteiger partial charge in [-0.3, -0.25) is 0 Å². The summed E-state index contributed by atoms with van der Waals surface area (Å²) >= 11 is 0. The molecule has 0 saturated heterocycles. The highest BCUT2D eigenvalue weighted by molar-refractivity contribution is 6.69. The van der Waals surface area contributed by atoms with Gasteiger partial charge >= 0.3 is 0 Å². The maximum Gasteiger partial charge on any atom is 0.185 e. The van der Waals surface area contributed by atoms with Crippen LogP contribution in [0.4, 0.5) is 0 Å². The summed E-state index contributed by atoms with van der Waals surface area (Å²) in [5.74, 6) is 0. The molecule has 0 aliphatic carbocycles. The van der Waals surface area contributed by atoms with E-state index >= 15 is 0 Å². The van der Waals surface area contributed by atoms with Crippen molar-refractivity contribution in [1.29, 1.82) is 0 Å². The van der Waals surface area contributed by atoms with Gasteiger partial charge in [0, 0.05) is 6.42 Å². The number of nitrogens with zero attached hydrogens (tertiary/aromatic N) is 1. The van der Waals surface area contributed by atoms with Crippen LogP contribution < -0.4 is 0 Å². The lowest BCUT2D eigenvalue weighted by atomic mass is 9.99. The molecule has 120 valence electrons. The van der Waals surface area contributed by atoms with Gasteiger partial charge in [0.1, 0.15) is 12.2 Å². The average Bonchev–Trinajstić information content (AvgIpc) is 2.94. The molecule has 0 bridgehead atoms. The standard InChI is InChI=1S/C18H27NO2Si/c1-5-6-8-13-16-14-17(19-20-16)18(21-22(2,3)4)15-11-9-7-10-12-15/h5,7,9-12,16,18H,1,6,8,13-14H2,2-4H3. The molecule has 2 atom stereocenters. The average molecular weight is 318 g/mol. The van der Waals surface area contributed by atoms with Crippen LogP contribution in [0.5, 0.6) is 0 Å². The lowest BCUT2D eigenvalue weighted by Crippen LogP contribution is -2.31. The summed E-state index contributed by atoms with van der Waals surface area (Å²) in [6, 6.07) is 10.3. The van der Waals surface area contributed by atoms with E-state index in [-0.39, 0.29) is 12.2 Å². The van der Waals surface area contributed by atoms with Crippen LogP contribution in [-0.2, 0) is 9.26 Å². The van der Waals surface area contributed by atoms with Crippen LogP contribution in [0.1, 0.15) is 37.4 Å². The summed E-state index contributed by atoms with van der Waals surface area (Å²) in [6.45, 7) is 10.4. The molecule has 0 N–H and O–H groups in total. The number of hydrogen-bond donors (Lipinski definition) is 0. The highest BCUT2D eigenvalue weighted by Gasteiger charge is 2.32. The highest BCUT2D eigenvalue weighted by atomic mass is 28.4. The van der Waals surface area contributed by atoms with Crippen molar-refractivity contribution in [2.45, 2.75) is 57.5 Å². The number of allylic oxidation sites excluding steroid dienone is 1. The minimum absolute atomic E-state index is 0.0720. The van der Waals surface area contributed by atoms with Crippen molar-refractivity contribution >= 4 is 14.0 Å². The number of benzene rings is 1. The van der Waals surface area contributed by atoms with Gasteiger partial charge in [0.15, 0.2) is 8.32 Å². The first-order valence-electron chi connectivity index (χ1n) is 8.06. The Morgan fingerprint density at radius 2 is 2.09 bits per heavy atom. The Kier molecular flexibility index (Phi) is 5.97. The summed E-state index contributed by atoms with van der Waals surface area (Å²) in [5, 5.41) is 4.34. The fraction of sp³-hybridized carbons (Fsp3) is 0.500. The van der Waals surface area contributed by atoms with Crippen LogP contribution in [0.3, 0.4) is 0 Å². The predicted octanol–water partition coefficient (Wildman–Crippen LogP) is 5.08. The van der Waals surface area contributed by atoms with E-state index in [1.165, 1.54) is 5.56 Å². The van der Waals surface area contributed by atoms with E-state index < -0.39 is 8.32 Å². The van der Waals surface area contributed by atoms with Crippen molar-refractivity contribution in [3.8, 4) is 0 Å². The molecule has 1 aliphatic rings. The third kappa shape index (κ3) is 5.11. The minimum atomic E-state index is -1.67. The smallest absolute Gasteiger partial charge is 0.185 e. The van der Waals surface area contributed by atoms with Gasteiger partial charge in [-0.25, -0.2) is 0 Å². The van der Waals surface area contributed by atoms with E-state index in [0.717, 1.165) is 31.4 Å². The molecule has 2 unspecified atom stereocenters. The Hall–Kier alpha value is -1.39. The first-order valence-corrected chi connectivity index (χ1v) is 11.5. The zero-order valence-electron chi connectivity index (χ0n) is 13.9. The maximum atomic E-state index is 6.39. The molecule has 0 saturated carbocycles. The molecule has 2 rings (SSSR count). The SMILES string of the molecule is C=CCCCC1CC(C(O[Si](C)(C)C)c2ccccc2)=NO1. The van der Waals surface area contributed by atoms with Crippen molar-refractivity contribution in [3.05, 3.63) is 48.6 Å². The van der Waals surface area contributed by atoms with Gasteiger partial charge in [-0.1, -0.05) is 41.6 Å². The molecule has 0 radical (unpaired) electrons. The Bertz CT molecular complexity index is 508. The summed E-state index contributed by atoms with van der Waals surface area (Å²) in [7, 11) is -1.67. The van der Waals surface area contributed by atoms with Gasteiger partial charge in [0.2, 0.25) is 0 Å². The maximum absolute atomic E-state index is 6.39. The van der Waals surface area contributed by atoms with Crippen molar-refractivity contribution in [2.75, 3.05) is 0 Å². The van der Waals surface area contributed by atoms with Gasteiger partial charge in [-0.05, 0) is 44.5 Å². The normalized spacial score (nSPS) is 19.4. The predicted molar refractivity (Wildman–Crippen MR) is 94.6 cm³/mol.